The Morgan fingerprint density at radius 2 is 0.615 bits per heavy atom. The number of alkyl halides is 2. The van der Waals surface area contributed by atoms with Crippen molar-refractivity contribution in [1.82, 2.24) is 9.13 Å². The average Bonchev–Trinajstić information content (AvgIpc) is 3.67. The molecule has 2 aromatic heterocycles. The molecule has 6 rings (SSSR count). The third kappa shape index (κ3) is 10.3. The lowest BCUT2D eigenvalue weighted by Crippen LogP contribution is -1.98. The van der Waals surface area contributed by atoms with Crippen LogP contribution in [0.2, 0.25) is 0 Å². The van der Waals surface area contributed by atoms with Crippen molar-refractivity contribution in [2.45, 2.75) is 142 Å². The topological polar surface area (TPSA) is 9.86 Å². The van der Waals surface area contributed by atoms with E-state index in [0.717, 1.165) is 23.7 Å². The number of unbranched alkanes of at least 4 members (excludes halogenated alkanes) is 18. The molecule has 6 aromatic rings. The SMILES string of the molecule is BrCCCCCCCCCCCCn1c2ccccc2c2ccc(-c3ccc4c5ccccc5n(CCCCCCCCCCCCBr)c4c3)cc21. The molecule has 0 saturated carbocycles. The van der Waals surface area contributed by atoms with Gasteiger partial charge in [0.25, 0.3) is 0 Å². The number of aromatic nitrogens is 2. The van der Waals surface area contributed by atoms with E-state index in [1.54, 1.807) is 0 Å². The zero-order chi connectivity index (χ0) is 35.8. The molecule has 0 N–H and O–H groups in total. The molecule has 0 radical (unpaired) electrons. The van der Waals surface area contributed by atoms with Crippen molar-refractivity contribution in [3.8, 4) is 11.1 Å². The molecular weight excluding hydrogens is 764 g/mol. The first-order valence-corrected chi connectivity index (χ1v) is 23.2. The first kappa shape index (κ1) is 39.1. The molecule has 0 spiro atoms. The van der Waals surface area contributed by atoms with Crippen molar-refractivity contribution in [1.29, 1.82) is 0 Å². The van der Waals surface area contributed by atoms with Crippen LogP contribution >= 0.6 is 31.9 Å². The molecule has 4 heteroatoms. The number of hydrogen-bond donors (Lipinski definition) is 0. The first-order chi connectivity index (χ1) is 25.8. The molecule has 0 unspecified atom stereocenters. The van der Waals surface area contributed by atoms with Crippen LogP contribution in [-0.2, 0) is 13.1 Å². The van der Waals surface area contributed by atoms with Gasteiger partial charge < -0.3 is 9.13 Å². The van der Waals surface area contributed by atoms with E-state index in [-0.39, 0.29) is 0 Å². The van der Waals surface area contributed by atoms with E-state index < -0.39 is 0 Å². The second kappa shape index (κ2) is 21.4. The Morgan fingerprint density at radius 3 is 0.981 bits per heavy atom. The third-order valence-electron chi connectivity index (χ3n) is 11.4. The number of hydrogen-bond acceptors (Lipinski definition) is 0. The largest absolute Gasteiger partial charge is 0.340 e. The van der Waals surface area contributed by atoms with Crippen molar-refractivity contribution in [2.24, 2.45) is 0 Å². The maximum absolute atomic E-state index is 3.55. The molecule has 0 saturated heterocycles. The Labute approximate surface area is 331 Å². The summed E-state index contributed by atoms with van der Waals surface area (Å²) < 4.78 is 5.22. The molecule has 0 atom stereocenters. The van der Waals surface area contributed by atoms with Crippen LogP contribution in [0.3, 0.4) is 0 Å². The highest BCUT2D eigenvalue weighted by molar-refractivity contribution is 9.09. The van der Waals surface area contributed by atoms with Gasteiger partial charge in [0.2, 0.25) is 0 Å². The van der Waals surface area contributed by atoms with Crippen LogP contribution in [0.1, 0.15) is 128 Å². The zero-order valence-corrected chi connectivity index (χ0v) is 34.9. The van der Waals surface area contributed by atoms with E-state index in [1.165, 1.54) is 183 Å². The number of aryl methyl sites for hydroxylation is 2. The standard InChI is InChI=1S/C48H62Br2N2/c49-33-21-13-9-5-1-3-7-11-15-23-35-51-45-27-19-17-25-41(45)43-31-29-39(37-47(43)51)40-30-32-44-42-26-18-20-28-46(42)52(48(44)38-40)36-24-16-12-8-4-2-6-10-14-22-34-50/h17-20,25-32,37-38H,1-16,21-24,33-36H2. The van der Waals surface area contributed by atoms with Crippen molar-refractivity contribution in [3.63, 3.8) is 0 Å². The van der Waals surface area contributed by atoms with E-state index in [4.69, 9.17) is 0 Å². The molecule has 2 nitrogen and oxygen atoms in total. The lowest BCUT2D eigenvalue weighted by Gasteiger charge is -2.11. The highest BCUT2D eigenvalue weighted by atomic mass is 79.9. The van der Waals surface area contributed by atoms with E-state index in [0.29, 0.717) is 0 Å². The van der Waals surface area contributed by atoms with E-state index >= 15 is 0 Å². The maximum Gasteiger partial charge on any atom is 0.0497 e. The van der Waals surface area contributed by atoms with Crippen LogP contribution in [0, 0.1) is 0 Å². The van der Waals surface area contributed by atoms with Crippen molar-refractivity contribution < 1.29 is 0 Å². The van der Waals surface area contributed by atoms with E-state index in [9.17, 15) is 0 Å². The van der Waals surface area contributed by atoms with Crippen molar-refractivity contribution in [3.05, 3.63) is 84.9 Å². The van der Waals surface area contributed by atoms with E-state index in [2.05, 4.69) is 126 Å². The van der Waals surface area contributed by atoms with Crippen molar-refractivity contribution >= 4 is 75.5 Å². The fraction of sp³-hybridized carbons (Fsp3) is 0.500. The highest BCUT2D eigenvalue weighted by Crippen LogP contribution is 2.36. The van der Waals surface area contributed by atoms with Crippen LogP contribution in [0.15, 0.2) is 84.9 Å². The molecule has 0 aliphatic heterocycles. The normalized spacial score (nSPS) is 12.0. The zero-order valence-electron chi connectivity index (χ0n) is 31.7. The Bertz CT molecular complexity index is 1810. The second-order valence-corrected chi connectivity index (χ2v) is 16.8. The third-order valence-corrected chi connectivity index (χ3v) is 12.5. The van der Waals surface area contributed by atoms with Crippen LogP contribution < -0.4 is 0 Å². The molecule has 0 fully saturated rings. The summed E-state index contributed by atoms with van der Waals surface area (Å²) in [6, 6.07) is 32.5. The Balaban J connectivity index is 1.12. The van der Waals surface area contributed by atoms with Crippen LogP contribution in [-0.4, -0.2) is 19.8 Å². The monoisotopic (exact) mass is 824 g/mol. The van der Waals surface area contributed by atoms with Gasteiger partial charge in [-0.1, -0.05) is 195 Å². The number of halogens is 2. The molecule has 0 amide bonds. The summed E-state index contributed by atoms with van der Waals surface area (Å²) in [6.45, 7) is 2.18. The summed E-state index contributed by atoms with van der Waals surface area (Å²) in [5, 5.41) is 7.82. The van der Waals surface area contributed by atoms with Crippen molar-refractivity contribution in [2.75, 3.05) is 10.7 Å². The second-order valence-electron chi connectivity index (χ2n) is 15.3. The van der Waals surface area contributed by atoms with Gasteiger partial charge in [-0.25, -0.2) is 0 Å². The highest BCUT2D eigenvalue weighted by Gasteiger charge is 2.14. The number of rotatable bonds is 25. The number of fused-ring (bicyclic) bond motifs is 6. The lowest BCUT2D eigenvalue weighted by molar-refractivity contribution is 0.542. The lowest BCUT2D eigenvalue weighted by atomic mass is 10.0. The van der Waals surface area contributed by atoms with Gasteiger partial charge in [0.15, 0.2) is 0 Å². The summed E-state index contributed by atoms with van der Waals surface area (Å²) in [6.07, 6.45) is 27.2. The summed E-state index contributed by atoms with van der Waals surface area (Å²) in [5.74, 6) is 0. The predicted molar refractivity (Wildman–Crippen MR) is 238 cm³/mol. The first-order valence-electron chi connectivity index (χ1n) is 20.9. The fourth-order valence-electron chi connectivity index (χ4n) is 8.50. The average molecular weight is 827 g/mol. The minimum absolute atomic E-state index is 1.09. The molecule has 0 aliphatic carbocycles. The molecule has 0 bridgehead atoms. The van der Waals surface area contributed by atoms with Gasteiger partial charge in [-0.05, 0) is 61.1 Å². The van der Waals surface area contributed by atoms with Gasteiger partial charge in [0, 0.05) is 67.4 Å². The number of nitrogens with zero attached hydrogens (tertiary/aromatic N) is 2. The van der Waals surface area contributed by atoms with Gasteiger partial charge in [0.05, 0.1) is 0 Å². The van der Waals surface area contributed by atoms with Gasteiger partial charge in [-0.15, -0.1) is 0 Å². The van der Waals surface area contributed by atoms with Gasteiger partial charge in [-0.2, -0.15) is 0 Å². The summed E-state index contributed by atoms with van der Waals surface area (Å²) in [7, 11) is 0. The molecule has 2 heterocycles. The van der Waals surface area contributed by atoms with Gasteiger partial charge in [-0.3, -0.25) is 0 Å². The molecular formula is C48H62Br2N2. The number of para-hydroxylation sites is 2. The summed E-state index contributed by atoms with van der Waals surface area (Å²) in [5.41, 5.74) is 8.14. The summed E-state index contributed by atoms with van der Waals surface area (Å²) in [4.78, 5) is 0. The van der Waals surface area contributed by atoms with Crippen LogP contribution in [0.4, 0.5) is 0 Å². The minimum Gasteiger partial charge on any atom is -0.340 e. The van der Waals surface area contributed by atoms with Crippen LogP contribution in [0.25, 0.3) is 54.7 Å². The molecule has 4 aromatic carbocycles. The Kier molecular flexibility index (Phi) is 16.1. The minimum atomic E-state index is 1.09. The number of benzene rings is 4. The fourth-order valence-corrected chi connectivity index (χ4v) is 9.29. The van der Waals surface area contributed by atoms with Crippen LogP contribution in [0.5, 0.6) is 0 Å². The molecule has 278 valence electrons. The predicted octanol–water partition coefficient (Wildman–Crippen LogP) is 16.2. The van der Waals surface area contributed by atoms with E-state index in [1.807, 2.05) is 0 Å². The quantitative estimate of drug-likeness (QED) is 0.0402. The molecule has 52 heavy (non-hydrogen) atoms. The van der Waals surface area contributed by atoms with Gasteiger partial charge >= 0.3 is 0 Å². The Hall–Kier alpha value is -2.56. The van der Waals surface area contributed by atoms with Gasteiger partial charge in [0.1, 0.15) is 0 Å². The Morgan fingerprint density at radius 1 is 0.308 bits per heavy atom. The maximum atomic E-state index is 3.55. The molecule has 0 aliphatic rings. The summed E-state index contributed by atoms with van der Waals surface area (Å²) >= 11 is 7.11. The smallest absolute Gasteiger partial charge is 0.0497 e.